The van der Waals surface area contributed by atoms with Crippen LogP contribution in [0.15, 0.2) is 42.5 Å². The molecule has 7 nitrogen and oxygen atoms in total. The number of carbonyl (C=O) groups excluding carboxylic acids is 1. The van der Waals surface area contributed by atoms with Crippen molar-refractivity contribution < 1.29 is 18.5 Å². The first kappa shape index (κ1) is 21.1. The molecule has 31 heavy (non-hydrogen) atoms. The van der Waals surface area contributed by atoms with E-state index in [4.69, 9.17) is 9.47 Å². The van der Waals surface area contributed by atoms with Gasteiger partial charge in [-0.3, -0.25) is 9.00 Å². The number of carbonyl (C=O) groups is 1. The average molecular weight is 440 g/mol. The van der Waals surface area contributed by atoms with Crippen LogP contribution in [0, 0.1) is 6.92 Å². The van der Waals surface area contributed by atoms with Gasteiger partial charge in [-0.2, -0.15) is 5.10 Å². The second-order valence-electron chi connectivity index (χ2n) is 7.23. The number of fused-ring (bicyclic) bond motifs is 1. The molecule has 4 rings (SSSR count). The highest BCUT2D eigenvalue weighted by Crippen LogP contribution is 2.33. The smallest absolute Gasteiger partial charge is 0.256 e. The van der Waals surface area contributed by atoms with Gasteiger partial charge in [0.1, 0.15) is 5.82 Å². The molecule has 162 valence electrons. The standard InChI is InChI=1S/C23H25N3O4S/c1-4-29-20-11-8-16(12-21(20)30-5-2)23(27)24-22-18-13-31(28)14-19(18)25-26(22)17-9-6-15(3)7-10-17/h6-12H,4-5,13-14H2,1-3H3,(H,24,27)/t31-/m0/s1. The van der Waals surface area contributed by atoms with Crippen LogP contribution in [0.4, 0.5) is 5.82 Å². The van der Waals surface area contributed by atoms with Crippen molar-refractivity contribution in [2.24, 2.45) is 0 Å². The Morgan fingerprint density at radius 3 is 2.48 bits per heavy atom. The summed E-state index contributed by atoms with van der Waals surface area (Å²) in [5, 5.41) is 7.63. The number of anilines is 1. The van der Waals surface area contributed by atoms with E-state index >= 15 is 0 Å². The van der Waals surface area contributed by atoms with Crippen molar-refractivity contribution in [1.29, 1.82) is 0 Å². The number of rotatable bonds is 7. The Labute approximate surface area is 183 Å². The van der Waals surface area contributed by atoms with Crippen molar-refractivity contribution in [3.8, 4) is 17.2 Å². The lowest BCUT2D eigenvalue weighted by Gasteiger charge is -2.14. The van der Waals surface area contributed by atoms with Crippen LogP contribution in [0.3, 0.4) is 0 Å². The molecule has 0 saturated carbocycles. The first-order chi connectivity index (χ1) is 15.0. The van der Waals surface area contributed by atoms with E-state index in [0.29, 0.717) is 47.6 Å². The van der Waals surface area contributed by atoms with Crippen molar-refractivity contribution in [3.05, 3.63) is 64.8 Å². The summed E-state index contributed by atoms with van der Waals surface area (Å²) in [4.78, 5) is 13.1. The summed E-state index contributed by atoms with van der Waals surface area (Å²) in [6, 6.07) is 13.0. The van der Waals surface area contributed by atoms with Gasteiger partial charge in [-0.15, -0.1) is 0 Å². The number of ether oxygens (including phenoxy) is 2. The Morgan fingerprint density at radius 1 is 1.06 bits per heavy atom. The quantitative estimate of drug-likeness (QED) is 0.602. The van der Waals surface area contributed by atoms with Gasteiger partial charge in [0.15, 0.2) is 11.5 Å². The SMILES string of the molecule is CCOc1ccc(C(=O)Nc2c3c(nn2-c2ccc(C)cc2)C[S@@](=O)C3)cc1OCC. The molecule has 0 radical (unpaired) electrons. The van der Waals surface area contributed by atoms with Crippen LogP contribution < -0.4 is 14.8 Å². The maximum absolute atomic E-state index is 13.1. The molecule has 0 fully saturated rings. The molecular formula is C23H25N3O4S. The van der Waals surface area contributed by atoms with Crippen LogP contribution in [0.2, 0.25) is 0 Å². The molecule has 0 unspecified atom stereocenters. The zero-order valence-corrected chi connectivity index (χ0v) is 18.6. The predicted octanol–water partition coefficient (Wildman–Crippen LogP) is 3.99. The summed E-state index contributed by atoms with van der Waals surface area (Å²) in [5.74, 6) is 2.16. The third-order valence-electron chi connectivity index (χ3n) is 4.99. The summed E-state index contributed by atoms with van der Waals surface area (Å²) in [6.45, 7) is 6.76. The molecule has 0 saturated heterocycles. The second kappa shape index (κ2) is 8.93. The first-order valence-electron chi connectivity index (χ1n) is 10.2. The first-order valence-corrected chi connectivity index (χ1v) is 11.7. The predicted molar refractivity (Wildman–Crippen MR) is 121 cm³/mol. The van der Waals surface area contributed by atoms with Crippen molar-refractivity contribution in [2.45, 2.75) is 32.3 Å². The molecule has 0 spiro atoms. The molecule has 1 aliphatic heterocycles. The number of hydrogen-bond donors (Lipinski definition) is 1. The second-order valence-corrected chi connectivity index (χ2v) is 8.69. The third-order valence-corrected chi connectivity index (χ3v) is 6.19. The average Bonchev–Trinajstić information content (AvgIpc) is 3.27. The molecule has 3 aromatic rings. The van der Waals surface area contributed by atoms with Crippen molar-refractivity contribution in [1.82, 2.24) is 9.78 Å². The lowest BCUT2D eigenvalue weighted by molar-refractivity contribution is 0.102. The van der Waals surface area contributed by atoms with Crippen LogP contribution >= 0.6 is 0 Å². The van der Waals surface area contributed by atoms with Gasteiger partial charge in [0.05, 0.1) is 36.1 Å². The normalized spacial score (nSPS) is 14.9. The number of nitrogens with one attached hydrogen (secondary N) is 1. The third kappa shape index (κ3) is 4.34. The summed E-state index contributed by atoms with van der Waals surface area (Å²) >= 11 is 0. The van der Waals surface area contributed by atoms with Crippen molar-refractivity contribution >= 4 is 22.5 Å². The number of nitrogens with zero attached hydrogens (tertiary/aromatic N) is 2. The Kier molecular flexibility index (Phi) is 6.08. The molecule has 1 atom stereocenters. The van der Waals surface area contributed by atoms with Gasteiger partial charge >= 0.3 is 0 Å². The van der Waals surface area contributed by atoms with E-state index in [1.165, 1.54) is 0 Å². The molecule has 0 bridgehead atoms. The number of amides is 1. The molecule has 2 aromatic carbocycles. The van der Waals surface area contributed by atoms with Crippen LogP contribution in [0.25, 0.3) is 5.69 Å². The van der Waals surface area contributed by atoms with Gasteiger partial charge in [0.2, 0.25) is 0 Å². The van der Waals surface area contributed by atoms with Crippen LogP contribution in [0.5, 0.6) is 11.5 Å². The molecule has 1 N–H and O–H groups in total. The van der Waals surface area contributed by atoms with Crippen molar-refractivity contribution in [3.63, 3.8) is 0 Å². The van der Waals surface area contributed by atoms with Gasteiger partial charge in [-0.05, 0) is 51.1 Å². The molecule has 2 heterocycles. The molecule has 8 heteroatoms. The van der Waals surface area contributed by atoms with Crippen LogP contribution in [0.1, 0.15) is 41.0 Å². The fourth-order valence-corrected chi connectivity index (χ4v) is 4.77. The number of aryl methyl sites for hydroxylation is 1. The molecule has 1 amide bonds. The fourth-order valence-electron chi connectivity index (χ4n) is 3.50. The molecule has 1 aliphatic rings. The lowest BCUT2D eigenvalue weighted by atomic mass is 10.1. The van der Waals surface area contributed by atoms with E-state index in [2.05, 4.69) is 10.4 Å². The van der Waals surface area contributed by atoms with E-state index < -0.39 is 10.8 Å². The summed E-state index contributed by atoms with van der Waals surface area (Å²) in [7, 11) is -1.00. The Morgan fingerprint density at radius 2 is 1.77 bits per heavy atom. The number of hydrogen-bond acceptors (Lipinski definition) is 5. The lowest BCUT2D eigenvalue weighted by Crippen LogP contribution is -2.17. The van der Waals surface area contributed by atoms with E-state index in [-0.39, 0.29) is 5.91 Å². The maximum atomic E-state index is 13.1. The minimum atomic E-state index is -1.00. The van der Waals surface area contributed by atoms with E-state index in [9.17, 15) is 9.00 Å². The highest BCUT2D eigenvalue weighted by Gasteiger charge is 2.28. The monoisotopic (exact) mass is 439 g/mol. The largest absolute Gasteiger partial charge is 0.490 e. The van der Waals surface area contributed by atoms with Crippen LogP contribution in [-0.2, 0) is 22.3 Å². The van der Waals surface area contributed by atoms with E-state index in [1.807, 2.05) is 45.0 Å². The fraction of sp³-hybridized carbons (Fsp3) is 0.304. The number of aromatic nitrogens is 2. The Hall–Kier alpha value is -3.13. The highest BCUT2D eigenvalue weighted by molar-refractivity contribution is 7.83. The van der Waals surface area contributed by atoms with E-state index in [0.717, 1.165) is 22.5 Å². The zero-order chi connectivity index (χ0) is 22.0. The van der Waals surface area contributed by atoms with Crippen molar-refractivity contribution in [2.75, 3.05) is 18.5 Å². The maximum Gasteiger partial charge on any atom is 0.256 e. The van der Waals surface area contributed by atoms with Crippen LogP contribution in [-0.4, -0.2) is 33.1 Å². The number of benzene rings is 2. The van der Waals surface area contributed by atoms with E-state index in [1.54, 1.807) is 22.9 Å². The van der Waals surface area contributed by atoms with Gasteiger partial charge in [0.25, 0.3) is 5.91 Å². The highest BCUT2D eigenvalue weighted by atomic mass is 32.2. The summed E-state index contributed by atoms with van der Waals surface area (Å²) in [6.07, 6.45) is 0. The summed E-state index contributed by atoms with van der Waals surface area (Å²) < 4.78 is 25.0. The van der Waals surface area contributed by atoms with Gasteiger partial charge in [-0.1, -0.05) is 17.7 Å². The summed E-state index contributed by atoms with van der Waals surface area (Å²) in [5.41, 5.74) is 3.99. The topological polar surface area (TPSA) is 82.5 Å². The minimum Gasteiger partial charge on any atom is -0.490 e. The molecular weight excluding hydrogens is 414 g/mol. The molecule has 1 aromatic heterocycles. The van der Waals surface area contributed by atoms with Gasteiger partial charge in [-0.25, -0.2) is 4.68 Å². The Bertz CT molecular complexity index is 1140. The Balaban J connectivity index is 1.69. The molecule has 0 aliphatic carbocycles. The van der Waals surface area contributed by atoms with Gasteiger partial charge < -0.3 is 14.8 Å². The zero-order valence-electron chi connectivity index (χ0n) is 17.8. The minimum absolute atomic E-state index is 0.294. The van der Waals surface area contributed by atoms with Gasteiger partial charge in [0, 0.05) is 21.9 Å².